The predicted octanol–water partition coefficient (Wildman–Crippen LogP) is 3.27. The number of rotatable bonds is 4. The average molecular weight is 282 g/mol. The van der Waals surface area contributed by atoms with Crippen LogP contribution in [0.1, 0.15) is 26.3 Å². The Balaban J connectivity index is 2.11. The number of nitrogens with one attached hydrogen (secondary N) is 1. The number of hydrogen-bond acceptors (Lipinski definition) is 3. The fourth-order valence-corrected chi connectivity index (χ4v) is 3.89. The Labute approximate surface area is 119 Å². The maximum absolute atomic E-state index is 14.2. The molecule has 106 valence electrons. The smallest absolute Gasteiger partial charge is 0.146 e. The second-order valence-corrected chi connectivity index (χ2v) is 7.11. The highest BCUT2D eigenvalue weighted by atomic mass is 32.2. The molecule has 2 nitrogen and oxygen atoms in total. The van der Waals surface area contributed by atoms with E-state index in [0.717, 1.165) is 37.4 Å². The second kappa shape index (κ2) is 6.62. The van der Waals surface area contributed by atoms with Crippen LogP contribution in [0.15, 0.2) is 18.2 Å². The lowest BCUT2D eigenvalue weighted by Gasteiger charge is -2.36. The Kier molecular flexibility index (Phi) is 5.11. The largest absolute Gasteiger partial charge is 0.367 e. The predicted molar refractivity (Wildman–Crippen MR) is 82.5 cm³/mol. The number of nitrogens with zero attached hydrogens (tertiary/aromatic N) is 1. The van der Waals surface area contributed by atoms with E-state index in [9.17, 15) is 4.39 Å². The first-order valence-corrected chi connectivity index (χ1v) is 7.94. The fourth-order valence-electron chi connectivity index (χ4n) is 2.56. The molecule has 2 unspecified atom stereocenters. The Bertz CT molecular complexity index is 415. The first kappa shape index (κ1) is 14.7. The minimum Gasteiger partial charge on any atom is -0.367 e. The molecular weight excluding hydrogens is 259 g/mol. The lowest BCUT2D eigenvalue weighted by molar-refractivity contribution is 0.607. The normalized spacial score (nSPS) is 23.7. The van der Waals surface area contributed by atoms with E-state index < -0.39 is 0 Å². The zero-order valence-electron chi connectivity index (χ0n) is 11.9. The maximum atomic E-state index is 14.2. The van der Waals surface area contributed by atoms with Gasteiger partial charge in [-0.05, 0) is 24.2 Å². The number of thioether (sulfide) groups is 1. The monoisotopic (exact) mass is 282 g/mol. The van der Waals surface area contributed by atoms with E-state index >= 15 is 0 Å². The van der Waals surface area contributed by atoms with Crippen molar-refractivity contribution in [2.75, 3.05) is 24.5 Å². The molecule has 0 radical (unpaired) electrons. The van der Waals surface area contributed by atoms with Gasteiger partial charge in [-0.2, -0.15) is 11.8 Å². The maximum Gasteiger partial charge on any atom is 0.146 e. The number of hydrogen-bond donors (Lipinski definition) is 1. The van der Waals surface area contributed by atoms with Gasteiger partial charge in [-0.25, -0.2) is 4.39 Å². The molecule has 0 aliphatic carbocycles. The molecule has 2 atom stereocenters. The zero-order valence-corrected chi connectivity index (χ0v) is 12.8. The third kappa shape index (κ3) is 3.86. The van der Waals surface area contributed by atoms with E-state index in [0.29, 0.717) is 10.5 Å². The lowest BCUT2D eigenvalue weighted by atomic mass is 10.1. The van der Waals surface area contributed by atoms with Gasteiger partial charge >= 0.3 is 0 Å². The third-order valence-electron chi connectivity index (χ3n) is 3.35. The van der Waals surface area contributed by atoms with Gasteiger partial charge in [0.25, 0.3) is 0 Å². The number of benzene rings is 1. The Morgan fingerprint density at radius 1 is 1.32 bits per heavy atom. The minimum atomic E-state index is -0.0956. The van der Waals surface area contributed by atoms with Gasteiger partial charge in [0.05, 0.1) is 5.69 Å². The van der Waals surface area contributed by atoms with Gasteiger partial charge in [0.15, 0.2) is 0 Å². The molecule has 4 heteroatoms. The topological polar surface area (TPSA) is 15.3 Å². The SMILES string of the molecule is CCNCc1ccc(N2CC(C)SC(C)C2)c(F)c1. The molecule has 0 bridgehead atoms. The summed E-state index contributed by atoms with van der Waals surface area (Å²) in [6, 6.07) is 5.62. The van der Waals surface area contributed by atoms with Gasteiger partial charge in [-0.15, -0.1) is 0 Å². The van der Waals surface area contributed by atoms with Crippen LogP contribution in [0.4, 0.5) is 10.1 Å². The van der Waals surface area contributed by atoms with Crippen molar-refractivity contribution in [1.29, 1.82) is 0 Å². The molecule has 1 aromatic rings. The number of anilines is 1. The average Bonchev–Trinajstić information content (AvgIpc) is 2.35. The molecule has 0 aromatic heterocycles. The Morgan fingerprint density at radius 3 is 2.58 bits per heavy atom. The van der Waals surface area contributed by atoms with Crippen molar-refractivity contribution in [3.05, 3.63) is 29.6 Å². The summed E-state index contributed by atoms with van der Waals surface area (Å²) in [7, 11) is 0. The number of halogens is 1. The van der Waals surface area contributed by atoms with Crippen molar-refractivity contribution in [2.45, 2.75) is 37.8 Å². The van der Waals surface area contributed by atoms with Crippen molar-refractivity contribution in [3.63, 3.8) is 0 Å². The van der Waals surface area contributed by atoms with Crippen LogP contribution in [-0.2, 0) is 6.54 Å². The quantitative estimate of drug-likeness (QED) is 0.912. The van der Waals surface area contributed by atoms with Gasteiger partial charge in [-0.3, -0.25) is 0 Å². The molecule has 1 heterocycles. The highest BCUT2D eigenvalue weighted by Gasteiger charge is 2.24. The van der Waals surface area contributed by atoms with Crippen molar-refractivity contribution in [1.82, 2.24) is 5.32 Å². The summed E-state index contributed by atoms with van der Waals surface area (Å²) >= 11 is 1.99. The zero-order chi connectivity index (χ0) is 13.8. The van der Waals surface area contributed by atoms with E-state index in [1.165, 1.54) is 0 Å². The third-order valence-corrected chi connectivity index (χ3v) is 4.58. The minimum absolute atomic E-state index is 0.0956. The van der Waals surface area contributed by atoms with E-state index in [1.54, 1.807) is 6.07 Å². The molecule has 1 aliphatic heterocycles. The summed E-state index contributed by atoms with van der Waals surface area (Å²) in [5.41, 5.74) is 1.76. The van der Waals surface area contributed by atoms with Crippen LogP contribution < -0.4 is 10.2 Å². The summed E-state index contributed by atoms with van der Waals surface area (Å²) in [5, 5.41) is 4.34. The van der Waals surface area contributed by atoms with Crippen LogP contribution in [0.5, 0.6) is 0 Å². The van der Waals surface area contributed by atoms with Gasteiger partial charge in [-0.1, -0.05) is 26.8 Å². The van der Waals surface area contributed by atoms with E-state index in [1.807, 2.05) is 23.9 Å². The summed E-state index contributed by atoms with van der Waals surface area (Å²) in [4.78, 5) is 2.18. The van der Waals surface area contributed by atoms with Crippen LogP contribution in [0.2, 0.25) is 0 Å². The molecule has 2 rings (SSSR count). The summed E-state index contributed by atoms with van der Waals surface area (Å²) in [6.07, 6.45) is 0. The molecule has 0 saturated carbocycles. The molecular formula is C15H23FN2S. The van der Waals surface area contributed by atoms with Crippen LogP contribution in [0.3, 0.4) is 0 Å². The highest BCUT2D eigenvalue weighted by molar-refractivity contribution is 8.00. The molecule has 1 N–H and O–H groups in total. The summed E-state index contributed by atoms with van der Waals surface area (Å²) in [6.45, 7) is 9.98. The van der Waals surface area contributed by atoms with E-state index in [-0.39, 0.29) is 5.82 Å². The lowest BCUT2D eigenvalue weighted by Crippen LogP contribution is -2.40. The first-order chi connectivity index (χ1) is 9.10. The van der Waals surface area contributed by atoms with Gasteiger partial charge in [0.2, 0.25) is 0 Å². The molecule has 1 aromatic carbocycles. The van der Waals surface area contributed by atoms with Crippen molar-refractivity contribution < 1.29 is 4.39 Å². The molecule has 1 fully saturated rings. The van der Waals surface area contributed by atoms with Crippen LogP contribution in [0.25, 0.3) is 0 Å². The molecule has 0 spiro atoms. The van der Waals surface area contributed by atoms with Gasteiger partial charge in [0.1, 0.15) is 5.82 Å². The molecule has 1 aliphatic rings. The van der Waals surface area contributed by atoms with Gasteiger partial charge in [0, 0.05) is 30.1 Å². The first-order valence-electron chi connectivity index (χ1n) is 6.99. The van der Waals surface area contributed by atoms with Crippen LogP contribution >= 0.6 is 11.8 Å². The van der Waals surface area contributed by atoms with E-state index in [4.69, 9.17) is 0 Å². The van der Waals surface area contributed by atoms with E-state index in [2.05, 4.69) is 31.0 Å². The second-order valence-electron chi connectivity index (χ2n) is 5.23. The Morgan fingerprint density at radius 2 is 2.00 bits per heavy atom. The van der Waals surface area contributed by atoms with Crippen LogP contribution in [-0.4, -0.2) is 30.1 Å². The van der Waals surface area contributed by atoms with Crippen molar-refractivity contribution in [2.24, 2.45) is 0 Å². The standard InChI is InChI=1S/C15H23FN2S/c1-4-17-8-13-5-6-15(14(16)7-13)18-9-11(2)19-12(3)10-18/h5-7,11-12,17H,4,8-10H2,1-3H3. The Hall–Kier alpha value is -0.740. The van der Waals surface area contributed by atoms with Gasteiger partial charge < -0.3 is 10.2 Å². The van der Waals surface area contributed by atoms with Crippen molar-refractivity contribution in [3.8, 4) is 0 Å². The summed E-state index contributed by atoms with van der Waals surface area (Å²) < 4.78 is 14.2. The summed E-state index contributed by atoms with van der Waals surface area (Å²) in [5.74, 6) is -0.0956. The fraction of sp³-hybridized carbons (Fsp3) is 0.600. The van der Waals surface area contributed by atoms with Crippen LogP contribution in [0, 0.1) is 5.82 Å². The molecule has 0 amide bonds. The molecule has 1 saturated heterocycles. The van der Waals surface area contributed by atoms with Crippen molar-refractivity contribution >= 4 is 17.4 Å². The highest BCUT2D eigenvalue weighted by Crippen LogP contribution is 2.30. The molecule has 19 heavy (non-hydrogen) atoms.